The van der Waals surface area contributed by atoms with Crippen LogP contribution in [0.2, 0.25) is 0 Å². The maximum Gasteiger partial charge on any atom is 0.232 e. The molecule has 1 aliphatic heterocycles. The SMILES string of the molecule is CSCC(=O)N1CCC[C@@H](C(=O)c2ccc(Oc3ccccc3)cc2)C1. The molecule has 3 rings (SSSR count). The number of carbonyl (C=O) groups is 2. The highest BCUT2D eigenvalue weighted by atomic mass is 32.2. The molecule has 0 spiro atoms. The summed E-state index contributed by atoms with van der Waals surface area (Å²) in [5.41, 5.74) is 0.676. The van der Waals surface area contributed by atoms with Crippen molar-refractivity contribution in [3.8, 4) is 11.5 Å². The summed E-state index contributed by atoms with van der Waals surface area (Å²) in [6.07, 6.45) is 3.64. The van der Waals surface area contributed by atoms with Crippen LogP contribution in [0.4, 0.5) is 0 Å². The third kappa shape index (κ3) is 4.67. The Balaban J connectivity index is 1.63. The average molecular weight is 369 g/mol. The van der Waals surface area contributed by atoms with Gasteiger partial charge in [-0.1, -0.05) is 18.2 Å². The lowest BCUT2D eigenvalue weighted by molar-refractivity contribution is -0.129. The minimum Gasteiger partial charge on any atom is -0.457 e. The molecule has 5 heteroatoms. The molecule has 136 valence electrons. The van der Waals surface area contributed by atoms with Crippen molar-refractivity contribution >= 4 is 23.5 Å². The van der Waals surface area contributed by atoms with Crippen LogP contribution in [-0.4, -0.2) is 41.7 Å². The topological polar surface area (TPSA) is 46.6 Å². The van der Waals surface area contributed by atoms with Crippen LogP contribution < -0.4 is 4.74 Å². The van der Waals surface area contributed by atoms with E-state index in [1.165, 1.54) is 11.8 Å². The normalized spacial score (nSPS) is 17.0. The highest BCUT2D eigenvalue weighted by molar-refractivity contribution is 7.99. The zero-order valence-electron chi connectivity index (χ0n) is 14.9. The third-order valence-corrected chi connectivity index (χ3v) is 5.07. The monoisotopic (exact) mass is 369 g/mol. The average Bonchev–Trinajstić information content (AvgIpc) is 2.69. The van der Waals surface area contributed by atoms with Gasteiger partial charge in [0.1, 0.15) is 11.5 Å². The molecule has 4 nitrogen and oxygen atoms in total. The number of Topliss-reactive ketones (excluding diaryl/α,β-unsaturated/α-hetero) is 1. The van der Waals surface area contributed by atoms with Crippen LogP contribution >= 0.6 is 11.8 Å². The Bertz CT molecular complexity index is 746. The first kappa shape index (κ1) is 18.5. The summed E-state index contributed by atoms with van der Waals surface area (Å²) in [4.78, 5) is 26.7. The Labute approximate surface area is 158 Å². The third-order valence-electron chi connectivity index (χ3n) is 4.53. The molecule has 1 fully saturated rings. The molecule has 2 aromatic carbocycles. The molecule has 0 aliphatic carbocycles. The number of benzene rings is 2. The number of ketones is 1. The molecule has 2 aromatic rings. The van der Waals surface area contributed by atoms with E-state index in [0.717, 1.165) is 25.1 Å². The molecule has 0 unspecified atom stereocenters. The first-order valence-corrected chi connectivity index (χ1v) is 10.2. The fourth-order valence-corrected chi connectivity index (χ4v) is 3.61. The standard InChI is InChI=1S/C21H23NO3S/c1-26-15-20(23)22-13-5-6-17(14-22)21(24)16-9-11-19(12-10-16)25-18-7-3-2-4-8-18/h2-4,7-12,17H,5-6,13-15H2,1H3/t17-/m1/s1. The Morgan fingerprint density at radius 3 is 2.46 bits per heavy atom. The second kappa shape index (κ2) is 8.90. The van der Waals surface area contributed by atoms with Gasteiger partial charge >= 0.3 is 0 Å². The van der Waals surface area contributed by atoms with Gasteiger partial charge in [0.25, 0.3) is 0 Å². The number of rotatable bonds is 6. The molecule has 0 bridgehead atoms. The van der Waals surface area contributed by atoms with Crippen LogP contribution in [-0.2, 0) is 4.79 Å². The molecule has 0 saturated carbocycles. The van der Waals surface area contributed by atoms with E-state index < -0.39 is 0 Å². The van der Waals surface area contributed by atoms with Crippen molar-refractivity contribution in [1.82, 2.24) is 4.90 Å². The molecule has 0 radical (unpaired) electrons. The second-order valence-corrected chi connectivity index (χ2v) is 7.28. The molecule has 0 N–H and O–H groups in total. The van der Waals surface area contributed by atoms with Crippen LogP contribution in [0.1, 0.15) is 23.2 Å². The van der Waals surface area contributed by atoms with Crippen molar-refractivity contribution in [3.63, 3.8) is 0 Å². The minimum atomic E-state index is -0.115. The summed E-state index contributed by atoms with van der Waals surface area (Å²) in [5.74, 6) is 2.07. The molecule has 1 saturated heterocycles. The number of carbonyl (C=O) groups excluding carboxylic acids is 2. The van der Waals surface area contributed by atoms with Crippen molar-refractivity contribution in [2.45, 2.75) is 12.8 Å². The van der Waals surface area contributed by atoms with Gasteiger partial charge in [0.05, 0.1) is 5.75 Å². The molecule has 1 atom stereocenters. The van der Waals surface area contributed by atoms with Crippen molar-refractivity contribution in [1.29, 1.82) is 0 Å². The Kier molecular flexibility index (Phi) is 6.34. The van der Waals surface area contributed by atoms with E-state index in [4.69, 9.17) is 4.74 Å². The highest BCUT2D eigenvalue weighted by Crippen LogP contribution is 2.25. The first-order chi connectivity index (χ1) is 12.7. The summed E-state index contributed by atoms with van der Waals surface area (Å²) in [6, 6.07) is 16.8. The smallest absolute Gasteiger partial charge is 0.232 e. The number of amides is 1. The molecule has 0 aromatic heterocycles. The summed E-state index contributed by atoms with van der Waals surface area (Å²) in [6.45, 7) is 1.29. The van der Waals surface area contributed by atoms with Gasteiger partial charge in [-0.3, -0.25) is 9.59 Å². The van der Waals surface area contributed by atoms with Crippen molar-refractivity contribution in [3.05, 3.63) is 60.2 Å². The zero-order chi connectivity index (χ0) is 18.4. The number of thioether (sulfide) groups is 1. The van der Waals surface area contributed by atoms with Crippen molar-refractivity contribution in [2.75, 3.05) is 25.1 Å². The molecule has 1 amide bonds. The van der Waals surface area contributed by atoms with Gasteiger partial charge < -0.3 is 9.64 Å². The van der Waals surface area contributed by atoms with Crippen molar-refractivity contribution < 1.29 is 14.3 Å². The number of hydrogen-bond donors (Lipinski definition) is 0. The number of piperidine rings is 1. The zero-order valence-corrected chi connectivity index (χ0v) is 15.7. The van der Waals surface area contributed by atoms with E-state index in [9.17, 15) is 9.59 Å². The quantitative estimate of drug-likeness (QED) is 0.714. The Morgan fingerprint density at radius 1 is 1.08 bits per heavy atom. The van der Waals surface area contributed by atoms with Gasteiger partial charge in [-0.2, -0.15) is 11.8 Å². The minimum absolute atomic E-state index is 0.109. The van der Waals surface area contributed by atoms with E-state index in [0.29, 0.717) is 23.6 Å². The van der Waals surface area contributed by atoms with E-state index in [1.54, 1.807) is 0 Å². The van der Waals surface area contributed by atoms with Gasteiger partial charge in [0, 0.05) is 24.6 Å². The van der Waals surface area contributed by atoms with Crippen LogP contribution in [0.5, 0.6) is 11.5 Å². The second-order valence-electron chi connectivity index (χ2n) is 6.42. The summed E-state index contributed by atoms with van der Waals surface area (Å²) in [5, 5.41) is 0. The Morgan fingerprint density at radius 2 is 1.77 bits per heavy atom. The molecule has 1 heterocycles. The number of hydrogen-bond acceptors (Lipinski definition) is 4. The van der Waals surface area contributed by atoms with Gasteiger partial charge in [-0.25, -0.2) is 0 Å². The number of para-hydroxylation sites is 1. The lowest BCUT2D eigenvalue weighted by atomic mass is 9.90. The van der Waals surface area contributed by atoms with E-state index in [-0.39, 0.29) is 17.6 Å². The predicted octanol–water partition coefficient (Wildman–Crippen LogP) is 4.26. The van der Waals surface area contributed by atoms with Gasteiger partial charge in [0.2, 0.25) is 5.91 Å². The molecular formula is C21H23NO3S. The van der Waals surface area contributed by atoms with E-state index >= 15 is 0 Å². The van der Waals surface area contributed by atoms with Crippen LogP contribution in [0.25, 0.3) is 0 Å². The van der Waals surface area contributed by atoms with Gasteiger partial charge in [0.15, 0.2) is 5.78 Å². The summed E-state index contributed by atoms with van der Waals surface area (Å²) < 4.78 is 5.77. The molecular weight excluding hydrogens is 346 g/mol. The fraction of sp³-hybridized carbons (Fsp3) is 0.333. The summed E-state index contributed by atoms with van der Waals surface area (Å²) >= 11 is 1.52. The van der Waals surface area contributed by atoms with E-state index in [1.807, 2.05) is 65.8 Å². The summed E-state index contributed by atoms with van der Waals surface area (Å²) in [7, 11) is 0. The number of nitrogens with zero attached hydrogens (tertiary/aromatic N) is 1. The van der Waals surface area contributed by atoms with Gasteiger partial charge in [-0.15, -0.1) is 0 Å². The fourth-order valence-electron chi connectivity index (χ4n) is 3.18. The lowest BCUT2D eigenvalue weighted by Gasteiger charge is -2.32. The molecule has 26 heavy (non-hydrogen) atoms. The Hall–Kier alpha value is -2.27. The van der Waals surface area contributed by atoms with Crippen LogP contribution in [0, 0.1) is 5.92 Å². The van der Waals surface area contributed by atoms with Crippen molar-refractivity contribution in [2.24, 2.45) is 5.92 Å². The van der Waals surface area contributed by atoms with Crippen LogP contribution in [0.15, 0.2) is 54.6 Å². The first-order valence-electron chi connectivity index (χ1n) is 8.81. The molecule has 1 aliphatic rings. The maximum atomic E-state index is 12.8. The lowest BCUT2D eigenvalue weighted by Crippen LogP contribution is -2.43. The van der Waals surface area contributed by atoms with Crippen LogP contribution in [0.3, 0.4) is 0 Å². The predicted molar refractivity (Wildman–Crippen MR) is 105 cm³/mol. The maximum absolute atomic E-state index is 12.8. The number of ether oxygens (including phenoxy) is 1. The van der Waals surface area contributed by atoms with Gasteiger partial charge in [-0.05, 0) is 55.5 Å². The highest BCUT2D eigenvalue weighted by Gasteiger charge is 2.28. The van der Waals surface area contributed by atoms with E-state index in [2.05, 4.69) is 0 Å². The number of likely N-dealkylation sites (tertiary alicyclic amines) is 1. The largest absolute Gasteiger partial charge is 0.457 e.